The lowest BCUT2D eigenvalue weighted by Gasteiger charge is -2.32. The predicted octanol–water partition coefficient (Wildman–Crippen LogP) is 4.71. The summed E-state index contributed by atoms with van der Waals surface area (Å²) in [6.45, 7) is 9.53. The Kier molecular flexibility index (Phi) is 11.0. The van der Waals surface area contributed by atoms with Crippen molar-refractivity contribution in [3.05, 3.63) is 83.4 Å². The Morgan fingerprint density at radius 2 is 1.52 bits per heavy atom. The van der Waals surface area contributed by atoms with Crippen molar-refractivity contribution in [1.82, 2.24) is 10.2 Å². The molecule has 0 radical (unpaired) electrons. The molecular formula is C32H41N3O6S. The van der Waals surface area contributed by atoms with Crippen molar-refractivity contribution < 1.29 is 27.5 Å². The minimum atomic E-state index is -4.25. The molecule has 226 valence electrons. The third-order valence-electron chi connectivity index (χ3n) is 7.00. The number of rotatable bonds is 13. The lowest BCUT2D eigenvalue weighted by Crippen LogP contribution is -2.51. The summed E-state index contributed by atoms with van der Waals surface area (Å²) < 4.78 is 39.9. The zero-order chi connectivity index (χ0) is 31.0. The van der Waals surface area contributed by atoms with Gasteiger partial charge in [-0.1, -0.05) is 55.8 Å². The fourth-order valence-electron chi connectivity index (χ4n) is 4.35. The zero-order valence-corrected chi connectivity index (χ0v) is 26.2. The number of nitrogens with one attached hydrogen (secondary N) is 1. The number of methoxy groups -OCH3 is 2. The molecule has 0 bridgehead atoms. The highest BCUT2D eigenvalue weighted by Gasteiger charge is 2.33. The minimum Gasteiger partial charge on any atom is -0.493 e. The van der Waals surface area contributed by atoms with Crippen molar-refractivity contribution in [2.75, 3.05) is 31.6 Å². The van der Waals surface area contributed by atoms with E-state index in [-0.39, 0.29) is 29.0 Å². The van der Waals surface area contributed by atoms with Crippen LogP contribution in [0.2, 0.25) is 0 Å². The van der Waals surface area contributed by atoms with Gasteiger partial charge in [0.25, 0.3) is 10.0 Å². The van der Waals surface area contributed by atoms with Gasteiger partial charge in [-0.3, -0.25) is 13.9 Å². The van der Waals surface area contributed by atoms with Crippen molar-refractivity contribution in [2.45, 2.75) is 52.1 Å². The monoisotopic (exact) mass is 595 g/mol. The summed E-state index contributed by atoms with van der Waals surface area (Å²) >= 11 is 0. The first-order valence-corrected chi connectivity index (χ1v) is 15.3. The number of amides is 2. The van der Waals surface area contributed by atoms with E-state index in [0.29, 0.717) is 18.0 Å². The molecule has 3 aromatic rings. The second-order valence-corrected chi connectivity index (χ2v) is 12.5. The van der Waals surface area contributed by atoms with E-state index in [9.17, 15) is 18.0 Å². The number of carbonyl (C=O) groups is 2. The molecule has 0 heterocycles. The molecule has 1 N–H and O–H groups in total. The maximum absolute atomic E-state index is 14.1. The number of carbonyl (C=O) groups excluding carboxylic acids is 2. The Balaban J connectivity index is 2.06. The average molecular weight is 596 g/mol. The number of anilines is 1. The van der Waals surface area contributed by atoms with Crippen molar-refractivity contribution in [2.24, 2.45) is 5.92 Å². The maximum atomic E-state index is 14.1. The van der Waals surface area contributed by atoms with Crippen LogP contribution in [0.15, 0.2) is 71.6 Å². The van der Waals surface area contributed by atoms with Crippen molar-refractivity contribution >= 4 is 27.5 Å². The van der Waals surface area contributed by atoms with E-state index in [4.69, 9.17) is 9.47 Å². The SMILES string of the molecule is COc1ccc(S(=O)(=O)N(CC(=O)N(Cc2ccccc2C)[C@H](C)C(=O)NCC(C)C)c2ccc(C)cc2)cc1OC. The third-order valence-corrected chi connectivity index (χ3v) is 8.77. The number of sulfonamides is 1. The second-order valence-electron chi connectivity index (χ2n) is 10.6. The minimum absolute atomic E-state index is 0.0679. The summed E-state index contributed by atoms with van der Waals surface area (Å²) in [5.74, 6) is 0.0149. The molecule has 0 unspecified atom stereocenters. The summed E-state index contributed by atoms with van der Waals surface area (Å²) in [5, 5.41) is 2.90. The van der Waals surface area contributed by atoms with Gasteiger partial charge in [0.2, 0.25) is 11.8 Å². The van der Waals surface area contributed by atoms with Gasteiger partial charge >= 0.3 is 0 Å². The molecule has 0 saturated heterocycles. The van der Waals surface area contributed by atoms with Crippen LogP contribution in [-0.4, -0.2) is 58.5 Å². The van der Waals surface area contributed by atoms with Gasteiger partial charge in [0.1, 0.15) is 12.6 Å². The van der Waals surface area contributed by atoms with Gasteiger partial charge in [0.15, 0.2) is 11.5 Å². The first-order valence-electron chi connectivity index (χ1n) is 13.8. The highest BCUT2D eigenvalue weighted by atomic mass is 32.2. The van der Waals surface area contributed by atoms with Crippen LogP contribution >= 0.6 is 0 Å². The van der Waals surface area contributed by atoms with Crippen LogP contribution in [0.3, 0.4) is 0 Å². The number of hydrogen-bond donors (Lipinski definition) is 1. The number of benzene rings is 3. The quantitative estimate of drug-likeness (QED) is 0.307. The normalized spacial score (nSPS) is 12.0. The third kappa shape index (κ3) is 7.82. The van der Waals surface area contributed by atoms with E-state index in [1.807, 2.05) is 52.0 Å². The van der Waals surface area contributed by atoms with Gasteiger partial charge < -0.3 is 19.7 Å². The van der Waals surface area contributed by atoms with Crippen molar-refractivity contribution in [3.63, 3.8) is 0 Å². The Bertz CT molecular complexity index is 1490. The predicted molar refractivity (Wildman–Crippen MR) is 164 cm³/mol. The number of ether oxygens (including phenoxy) is 2. The fourth-order valence-corrected chi connectivity index (χ4v) is 5.78. The standard InChI is InChI=1S/C32H41N3O6S/c1-22(2)19-33-32(37)25(5)34(20-26-11-9-8-10-24(26)4)31(36)21-35(27-14-12-23(3)13-15-27)42(38,39)28-16-17-29(40-6)30(18-28)41-7/h8-18,22,25H,19-21H2,1-7H3,(H,33,37)/t25-/m1/s1. The van der Waals surface area contributed by atoms with E-state index < -0.39 is 28.5 Å². The molecule has 0 aliphatic carbocycles. The Labute approximate surface area is 249 Å². The molecule has 9 nitrogen and oxygen atoms in total. The van der Waals surface area contributed by atoms with Crippen molar-refractivity contribution in [1.29, 1.82) is 0 Å². The summed E-state index contributed by atoms with van der Waals surface area (Å²) in [7, 11) is -1.37. The lowest BCUT2D eigenvalue weighted by atomic mass is 10.1. The van der Waals surface area contributed by atoms with E-state index in [0.717, 1.165) is 21.0 Å². The summed E-state index contributed by atoms with van der Waals surface area (Å²) in [5.41, 5.74) is 3.07. The zero-order valence-electron chi connectivity index (χ0n) is 25.4. The molecule has 0 aliphatic rings. The van der Waals surface area contributed by atoms with Crippen LogP contribution in [0.4, 0.5) is 5.69 Å². The van der Waals surface area contributed by atoms with Crippen LogP contribution in [0.25, 0.3) is 0 Å². The molecule has 0 spiro atoms. The lowest BCUT2D eigenvalue weighted by molar-refractivity contribution is -0.139. The van der Waals surface area contributed by atoms with Gasteiger partial charge in [-0.25, -0.2) is 8.42 Å². The summed E-state index contributed by atoms with van der Waals surface area (Å²) in [6, 6.07) is 17.9. The van der Waals surface area contributed by atoms with Gasteiger partial charge in [-0.15, -0.1) is 0 Å². The van der Waals surface area contributed by atoms with E-state index in [1.165, 1.54) is 37.3 Å². The molecule has 3 aromatic carbocycles. The van der Waals surface area contributed by atoms with Gasteiger partial charge in [-0.05, 0) is 62.1 Å². The molecule has 2 amide bonds. The smallest absolute Gasteiger partial charge is 0.264 e. The van der Waals surface area contributed by atoms with Crippen LogP contribution in [-0.2, 0) is 26.2 Å². The van der Waals surface area contributed by atoms with Gasteiger partial charge in [0.05, 0.1) is 24.8 Å². The number of aryl methyl sites for hydroxylation is 2. The molecule has 3 rings (SSSR count). The van der Waals surface area contributed by atoms with Crippen LogP contribution in [0, 0.1) is 19.8 Å². The van der Waals surface area contributed by atoms with Crippen molar-refractivity contribution in [3.8, 4) is 11.5 Å². The first kappa shape index (κ1) is 32.5. The topological polar surface area (TPSA) is 105 Å². The Morgan fingerprint density at radius 3 is 2.12 bits per heavy atom. The van der Waals surface area contributed by atoms with Gasteiger partial charge in [0, 0.05) is 19.2 Å². The molecule has 0 aliphatic heterocycles. The first-order chi connectivity index (χ1) is 19.9. The summed E-state index contributed by atoms with van der Waals surface area (Å²) in [4.78, 5) is 28.6. The van der Waals surface area contributed by atoms with Crippen LogP contribution in [0.1, 0.15) is 37.5 Å². The average Bonchev–Trinajstić information content (AvgIpc) is 2.97. The van der Waals surface area contributed by atoms with E-state index >= 15 is 0 Å². The Morgan fingerprint density at radius 1 is 0.881 bits per heavy atom. The summed E-state index contributed by atoms with van der Waals surface area (Å²) in [6.07, 6.45) is 0. The highest BCUT2D eigenvalue weighted by molar-refractivity contribution is 7.92. The molecular weight excluding hydrogens is 554 g/mol. The fraction of sp³-hybridized carbons (Fsp3) is 0.375. The second kappa shape index (κ2) is 14.2. The largest absolute Gasteiger partial charge is 0.493 e. The van der Waals surface area contributed by atoms with E-state index in [1.54, 1.807) is 31.2 Å². The highest BCUT2D eigenvalue weighted by Crippen LogP contribution is 2.32. The molecule has 0 fully saturated rings. The maximum Gasteiger partial charge on any atom is 0.264 e. The molecule has 42 heavy (non-hydrogen) atoms. The molecule has 1 atom stereocenters. The Hall–Kier alpha value is -4.05. The number of nitrogens with zero attached hydrogens (tertiary/aromatic N) is 2. The molecule has 0 aromatic heterocycles. The van der Waals surface area contributed by atoms with Crippen LogP contribution in [0.5, 0.6) is 11.5 Å². The molecule has 10 heteroatoms. The van der Waals surface area contributed by atoms with Gasteiger partial charge in [-0.2, -0.15) is 0 Å². The molecule has 0 saturated carbocycles. The number of hydrogen-bond acceptors (Lipinski definition) is 6. The van der Waals surface area contributed by atoms with Crippen LogP contribution < -0.4 is 19.1 Å². The van der Waals surface area contributed by atoms with E-state index in [2.05, 4.69) is 5.32 Å².